The van der Waals surface area contributed by atoms with Crippen LogP contribution in [0.1, 0.15) is 39.6 Å². The highest BCUT2D eigenvalue weighted by molar-refractivity contribution is 6.09. The average molecular weight is 344 g/mol. The van der Waals surface area contributed by atoms with Crippen LogP contribution in [0.25, 0.3) is 0 Å². The first-order valence-corrected chi connectivity index (χ1v) is 8.05. The fourth-order valence-electron chi connectivity index (χ4n) is 2.39. The molecule has 3 N–H and O–H groups in total. The highest BCUT2D eigenvalue weighted by Crippen LogP contribution is 2.22. The first-order valence-electron chi connectivity index (χ1n) is 8.05. The van der Waals surface area contributed by atoms with Gasteiger partial charge in [-0.1, -0.05) is 31.2 Å². The smallest absolute Gasteiger partial charge is 0.258 e. The largest absolute Gasteiger partial charge is 0.394 e. The van der Waals surface area contributed by atoms with E-state index in [2.05, 4.69) is 10.6 Å². The predicted molar refractivity (Wildman–Crippen MR) is 94.2 cm³/mol. The van der Waals surface area contributed by atoms with Crippen molar-refractivity contribution in [2.24, 2.45) is 0 Å². The van der Waals surface area contributed by atoms with Gasteiger partial charge in [-0.3, -0.25) is 9.59 Å². The Labute approximate surface area is 145 Å². The normalized spacial score (nSPS) is 11.7. The monoisotopic (exact) mass is 344 g/mol. The molecule has 0 bridgehead atoms. The highest BCUT2D eigenvalue weighted by Gasteiger charge is 2.19. The number of carbonyl (C=O) groups excluding carboxylic acids is 2. The van der Waals surface area contributed by atoms with Crippen LogP contribution in [0.3, 0.4) is 0 Å². The third-order valence-electron chi connectivity index (χ3n) is 3.92. The zero-order valence-corrected chi connectivity index (χ0v) is 14.2. The lowest BCUT2D eigenvalue weighted by Gasteiger charge is -2.17. The van der Waals surface area contributed by atoms with Gasteiger partial charge in [0.25, 0.3) is 11.8 Å². The maximum absolute atomic E-state index is 13.8. The van der Waals surface area contributed by atoms with Crippen molar-refractivity contribution in [3.63, 3.8) is 0 Å². The number of aryl methyl sites for hydroxylation is 1. The summed E-state index contributed by atoms with van der Waals surface area (Å²) in [5, 5.41) is 14.6. The molecule has 0 aliphatic heterocycles. The SMILES string of the molecule is CCC(CO)NC(=O)c1cccc(C)c1NC(=O)c1ccccc1F. The van der Waals surface area contributed by atoms with Gasteiger partial charge in [0.2, 0.25) is 0 Å². The third kappa shape index (κ3) is 4.42. The molecule has 6 heteroatoms. The maximum atomic E-state index is 13.8. The number of anilines is 1. The van der Waals surface area contributed by atoms with Gasteiger partial charge in [-0.2, -0.15) is 0 Å². The second-order valence-corrected chi connectivity index (χ2v) is 5.69. The Morgan fingerprint density at radius 3 is 2.40 bits per heavy atom. The van der Waals surface area contributed by atoms with Gasteiger partial charge in [0.1, 0.15) is 5.82 Å². The van der Waals surface area contributed by atoms with Crippen LogP contribution in [0.2, 0.25) is 0 Å². The lowest BCUT2D eigenvalue weighted by atomic mass is 10.1. The summed E-state index contributed by atoms with van der Waals surface area (Å²) in [7, 11) is 0. The summed E-state index contributed by atoms with van der Waals surface area (Å²) in [6.45, 7) is 3.42. The molecule has 0 aliphatic rings. The molecule has 2 aromatic rings. The maximum Gasteiger partial charge on any atom is 0.258 e. The molecular formula is C19H21FN2O3. The molecule has 132 valence electrons. The molecule has 1 atom stereocenters. The van der Waals surface area contributed by atoms with Gasteiger partial charge in [0, 0.05) is 0 Å². The topological polar surface area (TPSA) is 78.4 Å². The molecule has 0 heterocycles. The Morgan fingerprint density at radius 2 is 1.76 bits per heavy atom. The lowest BCUT2D eigenvalue weighted by molar-refractivity contribution is 0.0915. The van der Waals surface area contributed by atoms with E-state index in [1.54, 1.807) is 31.2 Å². The van der Waals surface area contributed by atoms with Crippen LogP contribution in [0, 0.1) is 12.7 Å². The van der Waals surface area contributed by atoms with Crippen molar-refractivity contribution in [2.45, 2.75) is 26.3 Å². The van der Waals surface area contributed by atoms with Gasteiger partial charge < -0.3 is 15.7 Å². The number of aliphatic hydroxyl groups excluding tert-OH is 1. The van der Waals surface area contributed by atoms with Crippen molar-refractivity contribution >= 4 is 17.5 Å². The summed E-state index contributed by atoms with van der Waals surface area (Å²) >= 11 is 0. The number of aliphatic hydroxyl groups is 1. The van der Waals surface area contributed by atoms with Crippen LogP contribution in [-0.2, 0) is 0 Å². The summed E-state index contributed by atoms with van der Waals surface area (Å²) in [6.07, 6.45) is 0.574. The van der Waals surface area contributed by atoms with Crippen LogP contribution in [-0.4, -0.2) is 29.6 Å². The summed E-state index contributed by atoms with van der Waals surface area (Å²) in [4.78, 5) is 24.9. The average Bonchev–Trinajstić information content (AvgIpc) is 2.61. The van der Waals surface area contributed by atoms with Gasteiger partial charge in [0.15, 0.2) is 0 Å². The zero-order chi connectivity index (χ0) is 18.4. The van der Waals surface area contributed by atoms with Crippen molar-refractivity contribution in [3.8, 4) is 0 Å². The van der Waals surface area contributed by atoms with Crippen molar-refractivity contribution in [2.75, 3.05) is 11.9 Å². The third-order valence-corrected chi connectivity index (χ3v) is 3.92. The Morgan fingerprint density at radius 1 is 1.08 bits per heavy atom. The standard InChI is InChI=1S/C19H21FN2O3/c1-3-13(11-23)21-19(25)15-9-6-7-12(2)17(15)22-18(24)14-8-4-5-10-16(14)20/h4-10,13,23H,3,11H2,1-2H3,(H,21,25)(H,22,24). The van der Waals surface area contributed by atoms with Crippen molar-refractivity contribution in [3.05, 3.63) is 65.0 Å². The van der Waals surface area contributed by atoms with E-state index in [1.165, 1.54) is 18.2 Å². The van der Waals surface area contributed by atoms with E-state index in [0.29, 0.717) is 17.7 Å². The number of halogens is 1. The van der Waals surface area contributed by atoms with E-state index in [1.807, 2.05) is 6.92 Å². The number of nitrogens with one attached hydrogen (secondary N) is 2. The summed E-state index contributed by atoms with van der Waals surface area (Å²) < 4.78 is 13.8. The van der Waals surface area contributed by atoms with E-state index in [9.17, 15) is 19.1 Å². The molecule has 0 saturated heterocycles. The molecule has 25 heavy (non-hydrogen) atoms. The predicted octanol–water partition coefficient (Wildman–Crippen LogP) is 2.89. The van der Waals surface area contributed by atoms with Gasteiger partial charge >= 0.3 is 0 Å². The van der Waals surface area contributed by atoms with Crippen molar-refractivity contribution < 1.29 is 19.1 Å². The Kier molecular flexibility index (Phi) is 6.25. The quantitative estimate of drug-likeness (QED) is 0.754. The molecule has 5 nitrogen and oxygen atoms in total. The molecule has 0 radical (unpaired) electrons. The minimum Gasteiger partial charge on any atom is -0.394 e. The van der Waals surface area contributed by atoms with Crippen LogP contribution in [0.15, 0.2) is 42.5 Å². The summed E-state index contributed by atoms with van der Waals surface area (Å²) in [5.41, 5.74) is 1.16. The molecule has 2 rings (SSSR count). The molecule has 2 amide bonds. The zero-order valence-electron chi connectivity index (χ0n) is 14.2. The number of rotatable bonds is 6. The minimum absolute atomic E-state index is 0.0982. The minimum atomic E-state index is -0.633. The number of carbonyl (C=O) groups is 2. The van der Waals surface area contributed by atoms with Crippen LogP contribution < -0.4 is 10.6 Å². The lowest BCUT2D eigenvalue weighted by Crippen LogP contribution is -2.37. The van der Waals surface area contributed by atoms with Crippen molar-refractivity contribution in [1.82, 2.24) is 5.32 Å². The Hall–Kier alpha value is -2.73. The highest BCUT2D eigenvalue weighted by atomic mass is 19.1. The molecule has 1 unspecified atom stereocenters. The molecule has 0 aromatic heterocycles. The first-order chi connectivity index (χ1) is 12.0. The number of benzene rings is 2. The van der Waals surface area contributed by atoms with Crippen LogP contribution in [0.5, 0.6) is 0 Å². The van der Waals surface area contributed by atoms with E-state index < -0.39 is 17.6 Å². The number of hydrogen-bond donors (Lipinski definition) is 3. The van der Waals surface area contributed by atoms with Gasteiger partial charge in [-0.25, -0.2) is 4.39 Å². The molecule has 0 fully saturated rings. The van der Waals surface area contributed by atoms with Gasteiger partial charge in [-0.05, 0) is 37.1 Å². The fourth-order valence-corrected chi connectivity index (χ4v) is 2.39. The second kappa shape index (κ2) is 8.39. The number of hydrogen-bond acceptors (Lipinski definition) is 3. The van der Waals surface area contributed by atoms with Crippen LogP contribution >= 0.6 is 0 Å². The van der Waals surface area contributed by atoms with E-state index >= 15 is 0 Å². The van der Waals surface area contributed by atoms with Crippen molar-refractivity contribution in [1.29, 1.82) is 0 Å². The van der Waals surface area contributed by atoms with E-state index in [-0.39, 0.29) is 23.8 Å². The summed E-state index contributed by atoms with van der Waals surface area (Å²) in [5.74, 6) is -1.67. The molecule has 0 spiro atoms. The molecule has 2 aromatic carbocycles. The first kappa shape index (κ1) is 18.6. The molecular weight excluding hydrogens is 323 g/mol. The van der Waals surface area contributed by atoms with Crippen LogP contribution in [0.4, 0.5) is 10.1 Å². The molecule has 0 aliphatic carbocycles. The number of amides is 2. The van der Waals surface area contributed by atoms with Gasteiger partial charge in [-0.15, -0.1) is 0 Å². The van der Waals surface area contributed by atoms with E-state index in [4.69, 9.17) is 0 Å². The Balaban J connectivity index is 2.30. The second-order valence-electron chi connectivity index (χ2n) is 5.69. The fraction of sp³-hybridized carbons (Fsp3) is 0.263. The van der Waals surface area contributed by atoms with E-state index in [0.717, 1.165) is 0 Å². The molecule has 0 saturated carbocycles. The van der Waals surface area contributed by atoms with Gasteiger partial charge in [0.05, 0.1) is 29.5 Å². The Bertz CT molecular complexity index is 773. The summed E-state index contributed by atoms with van der Waals surface area (Å²) in [6, 6.07) is 10.3. The number of para-hydroxylation sites is 1.